The Kier molecular flexibility index (Phi) is 6.26. The number of fused-ring (bicyclic) bond motifs is 1. The van der Waals surface area contributed by atoms with Crippen LogP contribution >= 0.6 is 11.8 Å². The predicted molar refractivity (Wildman–Crippen MR) is 140 cm³/mol. The first kappa shape index (κ1) is 23.3. The number of H-pyrrole nitrogens is 1. The molecule has 5 rings (SSSR count). The highest BCUT2D eigenvalue weighted by atomic mass is 32.2. The van der Waals surface area contributed by atoms with Crippen molar-refractivity contribution in [3.8, 4) is 17.1 Å². The van der Waals surface area contributed by atoms with Gasteiger partial charge in [-0.25, -0.2) is 0 Å². The normalized spacial score (nSPS) is 11.9. The summed E-state index contributed by atoms with van der Waals surface area (Å²) in [7, 11) is 0. The smallest absolute Gasteiger partial charge is 0.292 e. The Morgan fingerprint density at radius 2 is 1.86 bits per heavy atom. The van der Waals surface area contributed by atoms with Crippen LogP contribution in [0.2, 0.25) is 0 Å². The molecule has 0 saturated carbocycles. The highest BCUT2D eigenvalue weighted by molar-refractivity contribution is 8.00. The molecule has 0 aliphatic rings. The van der Waals surface area contributed by atoms with Crippen molar-refractivity contribution < 1.29 is 9.72 Å². The van der Waals surface area contributed by atoms with Crippen molar-refractivity contribution in [1.29, 1.82) is 0 Å². The van der Waals surface area contributed by atoms with Crippen LogP contribution in [0.25, 0.3) is 28.0 Å². The number of hydrogen-bond acceptors (Lipinski definition) is 6. The lowest BCUT2D eigenvalue weighted by Gasteiger charge is -2.14. The largest absolute Gasteiger partial charge is 0.360 e. The van der Waals surface area contributed by atoms with E-state index in [0.29, 0.717) is 11.0 Å². The first-order chi connectivity index (χ1) is 17.4. The fourth-order valence-corrected chi connectivity index (χ4v) is 4.83. The van der Waals surface area contributed by atoms with Gasteiger partial charge < -0.3 is 10.3 Å². The van der Waals surface area contributed by atoms with Crippen LogP contribution in [-0.2, 0) is 4.79 Å². The summed E-state index contributed by atoms with van der Waals surface area (Å²) in [5.41, 5.74) is 3.81. The maximum Gasteiger partial charge on any atom is 0.292 e. The quantitative estimate of drug-likeness (QED) is 0.167. The number of carbonyl (C=O) groups is 1. The molecule has 10 heteroatoms. The van der Waals surface area contributed by atoms with Gasteiger partial charge in [-0.2, -0.15) is 0 Å². The highest BCUT2D eigenvalue weighted by Gasteiger charge is 2.24. The summed E-state index contributed by atoms with van der Waals surface area (Å²) in [6, 6.07) is 22.0. The number of nitrogens with zero attached hydrogens (tertiary/aromatic N) is 4. The molecule has 3 aromatic carbocycles. The van der Waals surface area contributed by atoms with Crippen LogP contribution in [0.1, 0.15) is 12.5 Å². The second kappa shape index (κ2) is 9.67. The fraction of sp³-hybridized carbons (Fsp3) is 0.115. The Labute approximate surface area is 210 Å². The topological polar surface area (TPSA) is 119 Å². The summed E-state index contributed by atoms with van der Waals surface area (Å²) in [4.78, 5) is 27.1. The Hall–Kier alpha value is -4.44. The van der Waals surface area contributed by atoms with Gasteiger partial charge in [0.25, 0.3) is 5.69 Å². The lowest BCUT2D eigenvalue weighted by molar-refractivity contribution is -0.383. The van der Waals surface area contributed by atoms with Gasteiger partial charge in [-0.1, -0.05) is 54.2 Å². The number of amides is 1. The molecule has 0 aliphatic heterocycles. The number of para-hydroxylation sites is 3. The number of carbonyl (C=O) groups excluding carboxylic acids is 1. The number of hydrogen-bond donors (Lipinski definition) is 2. The molecule has 2 aromatic heterocycles. The molecular weight excluding hydrogens is 476 g/mol. The minimum absolute atomic E-state index is 0.152. The van der Waals surface area contributed by atoms with Crippen LogP contribution in [0.5, 0.6) is 0 Å². The number of thioether (sulfide) groups is 1. The van der Waals surface area contributed by atoms with E-state index < -0.39 is 10.2 Å². The van der Waals surface area contributed by atoms with Gasteiger partial charge in [-0.3, -0.25) is 19.5 Å². The average Bonchev–Trinajstić information content (AvgIpc) is 3.48. The second-order valence-electron chi connectivity index (χ2n) is 8.25. The van der Waals surface area contributed by atoms with E-state index in [0.717, 1.165) is 27.7 Å². The lowest BCUT2D eigenvalue weighted by Crippen LogP contribution is -2.23. The summed E-state index contributed by atoms with van der Waals surface area (Å²) in [6.07, 6.45) is 1.90. The molecule has 1 unspecified atom stereocenters. The lowest BCUT2D eigenvalue weighted by atomic mass is 10.1. The van der Waals surface area contributed by atoms with E-state index in [1.54, 1.807) is 19.1 Å². The third-order valence-electron chi connectivity index (χ3n) is 5.73. The van der Waals surface area contributed by atoms with Gasteiger partial charge in [-0.05, 0) is 43.7 Å². The van der Waals surface area contributed by atoms with Crippen molar-refractivity contribution in [2.45, 2.75) is 24.3 Å². The SMILES string of the molecule is Cc1cccc(-n2c(SC(C)C(=O)Nc3ccccc3[N+](=O)[O-])nnc2-c2c[nH]c3ccccc23)c1. The van der Waals surface area contributed by atoms with Crippen molar-refractivity contribution in [2.24, 2.45) is 0 Å². The zero-order valence-corrected chi connectivity index (χ0v) is 20.3. The van der Waals surface area contributed by atoms with Gasteiger partial charge in [0.2, 0.25) is 5.91 Å². The second-order valence-corrected chi connectivity index (χ2v) is 9.56. The number of aromatic nitrogens is 4. The van der Waals surface area contributed by atoms with E-state index in [-0.39, 0.29) is 17.3 Å². The Morgan fingerprint density at radius 1 is 1.08 bits per heavy atom. The molecule has 0 bridgehead atoms. The van der Waals surface area contributed by atoms with Gasteiger partial charge in [-0.15, -0.1) is 10.2 Å². The van der Waals surface area contributed by atoms with Gasteiger partial charge >= 0.3 is 0 Å². The molecule has 0 radical (unpaired) electrons. The van der Waals surface area contributed by atoms with Gasteiger partial charge in [0.05, 0.1) is 10.2 Å². The van der Waals surface area contributed by atoms with E-state index in [2.05, 4.69) is 20.5 Å². The molecule has 1 amide bonds. The van der Waals surface area contributed by atoms with Crippen LogP contribution in [0, 0.1) is 17.0 Å². The van der Waals surface area contributed by atoms with E-state index >= 15 is 0 Å². The van der Waals surface area contributed by atoms with Crippen molar-refractivity contribution in [1.82, 2.24) is 19.7 Å². The molecule has 0 aliphatic carbocycles. The molecule has 2 N–H and O–H groups in total. The predicted octanol–water partition coefficient (Wildman–Crippen LogP) is 5.75. The van der Waals surface area contributed by atoms with Crippen LogP contribution < -0.4 is 5.32 Å². The van der Waals surface area contributed by atoms with Crippen LogP contribution in [0.4, 0.5) is 11.4 Å². The zero-order chi connectivity index (χ0) is 25.2. The van der Waals surface area contributed by atoms with Crippen LogP contribution in [-0.4, -0.2) is 35.8 Å². The molecule has 0 spiro atoms. The molecule has 2 heterocycles. The number of aryl methyl sites for hydroxylation is 1. The minimum atomic E-state index is -0.603. The maximum atomic E-state index is 13.0. The monoisotopic (exact) mass is 498 g/mol. The average molecular weight is 499 g/mol. The number of nitrogens with one attached hydrogen (secondary N) is 2. The third kappa shape index (κ3) is 4.46. The summed E-state index contributed by atoms with van der Waals surface area (Å²) in [5, 5.41) is 23.9. The van der Waals surface area contributed by atoms with Gasteiger partial charge in [0.1, 0.15) is 5.69 Å². The molecule has 5 aromatic rings. The van der Waals surface area contributed by atoms with Crippen LogP contribution in [0.3, 0.4) is 0 Å². The fourth-order valence-electron chi connectivity index (χ4n) is 3.96. The molecular formula is C26H22N6O3S. The van der Waals surface area contributed by atoms with Crippen molar-refractivity contribution in [3.63, 3.8) is 0 Å². The molecule has 180 valence electrons. The van der Waals surface area contributed by atoms with E-state index in [9.17, 15) is 14.9 Å². The Morgan fingerprint density at radius 3 is 2.67 bits per heavy atom. The number of rotatable bonds is 7. The van der Waals surface area contributed by atoms with Crippen molar-refractivity contribution in [2.75, 3.05) is 5.32 Å². The van der Waals surface area contributed by atoms with Crippen molar-refractivity contribution in [3.05, 3.63) is 94.7 Å². The summed E-state index contributed by atoms with van der Waals surface area (Å²) < 4.78 is 1.93. The van der Waals surface area contributed by atoms with E-state index in [1.165, 1.54) is 23.9 Å². The van der Waals surface area contributed by atoms with Gasteiger partial charge in [0, 0.05) is 34.4 Å². The zero-order valence-electron chi connectivity index (χ0n) is 19.5. The third-order valence-corrected chi connectivity index (χ3v) is 6.78. The maximum absolute atomic E-state index is 13.0. The summed E-state index contributed by atoms with van der Waals surface area (Å²) in [5.74, 6) is 0.272. The number of benzene rings is 3. The first-order valence-electron chi connectivity index (χ1n) is 11.2. The molecule has 1 atom stereocenters. The molecule has 9 nitrogen and oxygen atoms in total. The summed E-state index contributed by atoms with van der Waals surface area (Å²) in [6.45, 7) is 3.74. The Bertz CT molecular complexity index is 1590. The molecule has 0 saturated heterocycles. The first-order valence-corrected chi connectivity index (χ1v) is 12.1. The molecule has 0 fully saturated rings. The highest BCUT2D eigenvalue weighted by Crippen LogP contribution is 2.34. The number of nitro groups is 1. The van der Waals surface area contributed by atoms with E-state index in [1.807, 2.05) is 66.2 Å². The number of anilines is 1. The van der Waals surface area contributed by atoms with Gasteiger partial charge in [0.15, 0.2) is 11.0 Å². The summed E-state index contributed by atoms with van der Waals surface area (Å²) >= 11 is 1.23. The minimum Gasteiger partial charge on any atom is -0.360 e. The van der Waals surface area contributed by atoms with Crippen LogP contribution in [0.15, 0.2) is 84.1 Å². The number of aromatic amines is 1. The Balaban J connectivity index is 1.51. The molecule has 36 heavy (non-hydrogen) atoms. The standard InChI is InChI=1S/C26H22N6O3S/c1-16-8-7-9-18(14-16)31-24(20-15-27-21-11-4-3-10-19(20)21)29-30-26(31)36-17(2)25(33)28-22-12-5-6-13-23(22)32(34)35/h3-15,17,27H,1-2H3,(H,28,33). The number of nitro benzene ring substituents is 1. The van der Waals surface area contributed by atoms with Crippen molar-refractivity contribution >= 4 is 39.9 Å². The van der Waals surface area contributed by atoms with E-state index in [4.69, 9.17) is 0 Å².